The molecule has 1 saturated heterocycles. The highest BCUT2D eigenvalue weighted by Gasteiger charge is 2.24. The Kier molecular flexibility index (Phi) is 4.24. The predicted octanol–water partition coefficient (Wildman–Crippen LogP) is 2.05. The first-order chi connectivity index (χ1) is 8.61. The van der Waals surface area contributed by atoms with Crippen molar-refractivity contribution in [2.75, 3.05) is 20.2 Å². The number of ether oxygens (including phenoxy) is 1. The van der Waals surface area contributed by atoms with Gasteiger partial charge in [-0.25, -0.2) is 0 Å². The molecule has 0 saturated carbocycles. The summed E-state index contributed by atoms with van der Waals surface area (Å²) < 4.78 is 5.87. The number of piperidine rings is 1. The maximum atomic E-state index is 12.4. The van der Waals surface area contributed by atoms with Crippen LogP contribution >= 0.6 is 15.9 Å². The van der Waals surface area contributed by atoms with Crippen LogP contribution in [0, 0.1) is 0 Å². The molecule has 18 heavy (non-hydrogen) atoms. The van der Waals surface area contributed by atoms with E-state index in [0.29, 0.717) is 24.4 Å². The van der Waals surface area contributed by atoms with Gasteiger partial charge in [0.2, 0.25) is 0 Å². The Hall–Kier alpha value is -1.07. The maximum absolute atomic E-state index is 12.4. The Morgan fingerprint density at radius 2 is 2.33 bits per heavy atom. The van der Waals surface area contributed by atoms with E-state index >= 15 is 0 Å². The molecule has 1 aromatic rings. The molecule has 1 aliphatic rings. The summed E-state index contributed by atoms with van der Waals surface area (Å²) in [6.07, 6.45) is 1.20. The molecular weight excluding hydrogens is 298 g/mol. The summed E-state index contributed by atoms with van der Waals surface area (Å²) in [7, 11) is 1.57. The van der Waals surface area contributed by atoms with Crippen LogP contribution in [-0.4, -0.2) is 42.2 Å². The fraction of sp³-hybridized carbons (Fsp3) is 0.462. The number of aliphatic hydroxyl groups is 1. The van der Waals surface area contributed by atoms with E-state index in [1.807, 2.05) is 0 Å². The minimum Gasteiger partial charge on any atom is -0.497 e. The lowest BCUT2D eigenvalue weighted by Crippen LogP contribution is -2.42. The summed E-state index contributed by atoms with van der Waals surface area (Å²) in [6, 6.07) is 5.31. The summed E-state index contributed by atoms with van der Waals surface area (Å²) in [5, 5.41) is 9.62. The molecule has 4 nitrogen and oxygen atoms in total. The second kappa shape index (κ2) is 5.71. The topological polar surface area (TPSA) is 49.8 Å². The number of likely N-dealkylation sites (tertiary alicyclic amines) is 1. The molecule has 1 amide bonds. The van der Waals surface area contributed by atoms with Crippen LogP contribution in [0.1, 0.15) is 23.2 Å². The van der Waals surface area contributed by atoms with Crippen LogP contribution in [0.25, 0.3) is 0 Å². The third kappa shape index (κ3) is 2.84. The zero-order valence-electron chi connectivity index (χ0n) is 10.2. The highest BCUT2D eigenvalue weighted by atomic mass is 79.9. The Bertz CT molecular complexity index is 450. The third-order valence-electron chi connectivity index (χ3n) is 3.09. The van der Waals surface area contributed by atoms with Crippen molar-refractivity contribution < 1.29 is 14.6 Å². The monoisotopic (exact) mass is 313 g/mol. The van der Waals surface area contributed by atoms with Gasteiger partial charge in [0.15, 0.2) is 0 Å². The van der Waals surface area contributed by atoms with Gasteiger partial charge in [0.1, 0.15) is 5.75 Å². The van der Waals surface area contributed by atoms with Crippen LogP contribution in [0.5, 0.6) is 5.75 Å². The van der Waals surface area contributed by atoms with Crippen molar-refractivity contribution in [1.29, 1.82) is 0 Å². The highest BCUT2D eigenvalue weighted by Crippen LogP contribution is 2.25. The lowest BCUT2D eigenvalue weighted by Gasteiger charge is -2.30. The van der Waals surface area contributed by atoms with Gasteiger partial charge in [0.25, 0.3) is 5.91 Å². The van der Waals surface area contributed by atoms with Crippen LogP contribution < -0.4 is 4.74 Å². The number of hydrogen-bond acceptors (Lipinski definition) is 3. The number of benzene rings is 1. The minimum atomic E-state index is -0.410. The summed E-state index contributed by atoms with van der Waals surface area (Å²) in [6.45, 7) is 1.10. The molecule has 5 heteroatoms. The van der Waals surface area contributed by atoms with Crippen molar-refractivity contribution in [3.63, 3.8) is 0 Å². The maximum Gasteiger partial charge on any atom is 0.255 e. The van der Waals surface area contributed by atoms with Crippen LogP contribution in [-0.2, 0) is 0 Å². The second-order valence-corrected chi connectivity index (χ2v) is 5.25. The number of carbonyl (C=O) groups excluding carboxylic acids is 1. The fourth-order valence-electron chi connectivity index (χ4n) is 2.10. The first-order valence-corrected chi connectivity index (χ1v) is 6.72. The van der Waals surface area contributed by atoms with Gasteiger partial charge in [0.05, 0.1) is 18.8 Å². The number of nitrogens with zero attached hydrogens (tertiary/aromatic N) is 1. The molecule has 0 radical (unpaired) electrons. The van der Waals surface area contributed by atoms with E-state index in [9.17, 15) is 9.90 Å². The van der Waals surface area contributed by atoms with Gasteiger partial charge in [-0.05, 0) is 47.0 Å². The third-order valence-corrected chi connectivity index (χ3v) is 3.78. The first kappa shape index (κ1) is 13.4. The Morgan fingerprint density at radius 3 is 3.00 bits per heavy atom. The number of carbonyl (C=O) groups is 1. The van der Waals surface area contributed by atoms with Crippen molar-refractivity contribution in [1.82, 2.24) is 4.90 Å². The SMILES string of the molecule is COc1ccc(Br)c(C(=O)N2CCC[C@H](O)C2)c1. The van der Waals surface area contributed by atoms with E-state index < -0.39 is 6.10 Å². The van der Waals surface area contributed by atoms with E-state index in [-0.39, 0.29) is 5.91 Å². The van der Waals surface area contributed by atoms with Gasteiger partial charge in [-0.15, -0.1) is 0 Å². The highest BCUT2D eigenvalue weighted by molar-refractivity contribution is 9.10. The summed E-state index contributed by atoms with van der Waals surface area (Å²) in [5.74, 6) is 0.582. The minimum absolute atomic E-state index is 0.0699. The van der Waals surface area contributed by atoms with E-state index in [2.05, 4.69) is 15.9 Å². The first-order valence-electron chi connectivity index (χ1n) is 5.92. The molecule has 0 aromatic heterocycles. The van der Waals surface area contributed by atoms with Crippen molar-refractivity contribution in [2.24, 2.45) is 0 Å². The lowest BCUT2D eigenvalue weighted by atomic mass is 10.1. The standard InChI is InChI=1S/C13H16BrNO3/c1-18-10-4-5-12(14)11(7-10)13(17)15-6-2-3-9(16)8-15/h4-5,7,9,16H,2-3,6,8H2,1H3/t9-/m0/s1. The number of β-amino-alcohol motifs (C(OH)–C–C–N with tert-alkyl or cyclic N) is 1. The molecule has 1 atom stereocenters. The molecular formula is C13H16BrNO3. The second-order valence-electron chi connectivity index (χ2n) is 4.39. The lowest BCUT2D eigenvalue weighted by molar-refractivity contribution is 0.0473. The predicted molar refractivity (Wildman–Crippen MR) is 71.8 cm³/mol. The van der Waals surface area contributed by atoms with Gasteiger partial charge in [-0.3, -0.25) is 4.79 Å². The average Bonchev–Trinajstić information content (AvgIpc) is 2.38. The quantitative estimate of drug-likeness (QED) is 0.909. The Balaban J connectivity index is 2.22. The number of halogens is 1. The van der Waals surface area contributed by atoms with E-state index in [1.54, 1.807) is 30.2 Å². The number of amides is 1. The normalized spacial score (nSPS) is 19.7. The molecule has 1 aliphatic heterocycles. The zero-order chi connectivity index (χ0) is 13.1. The molecule has 98 valence electrons. The largest absolute Gasteiger partial charge is 0.497 e. The number of aliphatic hydroxyl groups excluding tert-OH is 1. The van der Waals surface area contributed by atoms with Gasteiger partial charge in [-0.2, -0.15) is 0 Å². The van der Waals surface area contributed by atoms with Crippen molar-refractivity contribution in [3.8, 4) is 5.75 Å². The number of hydrogen-bond donors (Lipinski definition) is 1. The van der Waals surface area contributed by atoms with Crippen LogP contribution in [0.3, 0.4) is 0 Å². The van der Waals surface area contributed by atoms with Gasteiger partial charge in [0, 0.05) is 17.6 Å². The van der Waals surface area contributed by atoms with E-state index in [0.717, 1.165) is 17.3 Å². The zero-order valence-corrected chi connectivity index (χ0v) is 11.8. The van der Waals surface area contributed by atoms with Crippen molar-refractivity contribution >= 4 is 21.8 Å². The molecule has 1 fully saturated rings. The van der Waals surface area contributed by atoms with Crippen LogP contribution in [0.15, 0.2) is 22.7 Å². The Morgan fingerprint density at radius 1 is 1.56 bits per heavy atom. The molecule has 1 N–H and O–H groups in total. The van der Waals surface area contributed by atoms with Gasteiger partial charge >= 0.3 is 0 Å². The van der Waals surface area contributed by atoms with Crippen LogP contribution in [0.4, 0.5) is 0 Å². The van der Waals surface area contributed by atoms with Crippen molar-refractivity contribution in [2.45, 2.75) is 18.9 Å². The molecule has 0 spiro atoms. The summed E-state index contributed by atoms with van der Waals surface area (Å²) in [5.41, 5.74) is 0.573. The average molecular weight is 314 g/mol. The molecule has 0 bridgehead atoms. The smallest absolute Gasteiger partial charge is 0.255 e. The Labute approximate surface area is 115 Å². The molecule has 0 unspecified atom stereocenters. The summed E-state index contributed by atoms with van der Waals surface area (Å²) in [4.78, 5) is 14.1. The molecule has 1 aromatic carbocycles. The number of rotatable bonds is 2. The van der Waals surface area contributed by atoms with Gasteiger partial charge in [-0.1, -0.05) is 0 Å². The van der Waals surface area contributed by atoms with E-state index in [4.69, 9.17) is 4.74 Å². The fourth-order valence-corrected chi connectivity index (χ4v) is 2.52. The summed E-state index contributed by atoms with van der Waals surface area (Å²) >= 11 is 3.38. The number of methoxy groups -OCH3 is 1. The van der Waals surface area contributed by atoms with Gasteiger partial charge < -0.3 is 14.7 Å². The van der Waals surface area contributed by atoms with E-state index in [1.165, 1.54) is 0 Å². The molecule has 0 aliphatic carbocycles. The molecule has 1 heterocycles. The van der Waals surface area contributed by atoms with Crippen molar-refractivity contribution in [3.05, 3.63) is 28.2 Å². The molecule has 2 rings (SSSR count). The van der Waals surface area contributed by atoms with Crippen LogP contribution in [0.2, 0.25) is 0 Å².